The lowest BCUT2D eigenvalue weighted by molar-refractivity contribution is 0.0997. The maximum absolute atomic E-state index is 11.2. The first kappa shape index (κ1) is 13.7. The van der Waals surface area contributed by atoms with Crippen molar-refractivity contribution < 1.29 is 14.3 Å². The average Bonchev–Trinajstić information content (AvgIpc) is 2.45. The lowest BCUT2D eigenvalue weighted by atomic mass is 9.90. The fourth-order valence-corrected chi connectivity index (χ4v) is 2.53. The molecular formula is C15H21NO3. The first-order valence-electron chi connectivity index (χ1n) is 6.81. The van der Waals surface area contributed by atoms with Crippen LogP contribution in [-0.2, 0) is 0 Å². The van der Waals surface area contributed by atoms with Gasteiger partial charge in [0, 0.05) is 6.07 Å². The molecule has 0 heterocycles. The molecule has 1 aliphatic rings. The molecule has 1 aromatic carbocycles. The van der Waals surface area contributed by atoms with E-state index in [2.05, 4.69) is 0 Å². The van der Waals surface area contributed by atoms with E-state index in [0.29, 0.717) is 17.2 Å². The molecule has 4 nitrogen and oxygen atoms in total. The minimum Gasteiger partial charge on any atom is -0.496 e. The summed E-state index contributed by atoms with van der Waals surface area (Å²) in [6.45, 7) is 0.735. The van der Waals surface area contributed by atoms with E-state index in [0.717, 1.165) is 12.4 Å². The van der Waals surface area contributed by atoms with Gasteiger partial charge in [-0.15, -0.1) is 0 Å². The van der Waals surface area contributed by atoms with Crippen molar-refractivity contribution >= 4 is 5.91 Å². The molecular weight excluding hydrogens is 242 g/mol. The van der Waals surface area contributed by atoms with Crippen molar-refractivity contribution in [1.29, 1.82) is 0 Å². The molecule has 0 saturated heterocycles. The highest BCUT2D eigenvalue weighted by molar-refractivity contribution is 5.95. The molecule has 0 aromatic heterocycles. The summed E-state index contributed by atoms with van der Waals surface area (Å²) in [5, 5.41) is 0. The molecule has 4 heteroatoms. The Bertz CT molecular complexity index is 439. The van der Waals surface area contributed by atoms with E-state index in [4.69, 9.17) is 15.2 Å². The van der Waals surface area contributed by atoms with Gasteiger partial charge in [-0.05, 0) is 30.9 Å². The number of methoxy groups -OCH3 is 1. The summed E-state index contributed by atoms with van der Waals surface area (Å²) in [5.41, 5.74) is 5.65. The quantitative estimate of drug-likeness (QED) is 0.888. The van der Waals surface area contributed by atoms with E-state index in [9.17, 15) is 4.79 Å². The molecule has 0 atom stereocenters. The molecule has 104 valence electrons. The summed E-state index contributed by atoms with van der Waals surface area (Å²) in [6, 6.07) is 5.14. The first-order valence-corrected chi connectivity index (χ1v) is 6.81. The van der Waals surface area contributed by atoms with E-state index >= 15 is 0 Å². The predicted octanol–water partition coefficient (Wildman–Crippen LogP) is 2.75. The van der Waals surface area contributed by atoms with E-state index in [1.165, 1.54) is 39.2 Å². The monoisotopic (exact) mass is 263 g/mol. The number of hydrogen-bond acceptors (Lipinski definition) is 3. The fourth-order valence-electron chi connectivity index (χ4n) is 2.53. The summed E-state index contributed by atoms with van der Waals surface area (Å²) >= 11 is 0. The second kappa shape index (κ2) is 6.45. The number of hydrogen-bond donors (Lipinski definition) is 1. The van der Waals surface area contributed by atoms with E-state index in [1.807, 2.05) is 0 Å². The molecule has 0 spiro atoms. The topological polar surface area (TPSA) is 61.6 Å². The number of amides is 1. The van der Waals surface area contributed by atoms with Crippen LogP contribution in [0.4, 0.5) is 0 Å². The van der Waals surface area contributed by atoms with Gasteiger partial charge >= 0.3 is 0 Å². The predicted molar refractivity (Wildman–Crippen MR) is 73.6 cm³/mol. The summed E-state index contributed by atoms with van der Waals surface area (Å²) in [5.74, 6) is 1.35. The molecule has 19 heavy (non-hydrogen) atoms. The van der Waals surface area contributed by atoms with Gasteiger partial charge in [-0.25, -0.2) is 0 Å². The zero-order chi connectivity index (χ0) is 13.7. The molecule has 2 rings (SSSR count). The van der Waals surface area contributed by atoms with E-state index in [-0.39, 0.29) is 0 Å². The van der Waals surface area contributed by atoms with Crippen molar-refractivity contribution in [3.05, 3.63) is 23.8 Å². The van der Waals surface area contributed by atoms with Crippen LogP contribution in [0, 0.1) is 5.92 Å². The molecule has 1 aromatic rings. The van der Waals surface area contributed by atoms with E-state index in [1.54, 1.807) is 18.2 Å². The Morgan fingerprint density at radius 3 is 2.68 bits per heavy atom. The Kier molecular flexibility index (Phi) is 4.66. The Balaban J connectivity index is 1.98. The van der Waals surface area contributed by atoms with Gasteiger partial charge in [0.05, 0.1) is 19.3 Å². The van der Waals surface area contributed by atoms with Gasteiger partial charge in [0.15, 0.2) is 0 Å². The molecule has 1 fully saturated rings. The highest BCUT2D eigenvalue weighted by Gasteiger charge is 2.15. The standard InChI is InChI=1S/C15H21NO3/c1-18-14-9-12(7-8-13(14)15(16)17)19-10-11-5-3-2-4-6-11/h7-9,11H,2-6,10H2,1H3,(H2,16,17). The zero-order valence-corrected chi connectivity index (χ0v) is 11.4. The number of carbonyl (C=O) groups is 1. The van der Waals surface area contributed by atoms with Gasteiger partial charge in [-0.3, -0.25) is 4.79 Å². The number of nitrogens with two attached hydrogens (primary N) is 1. The summed E-state index contributed by atoms with van der Waals surface area (Å²) < 4.78 is 10.9. The van der Waals surface area contributed by atoms with Crippen LogP contribution >= 0.6 is 0 Å². The molecule has 1 aliphatic carbocycles. The summed E-state index contributed by atoms with van der Waals surface area (Å²) in [6.07, 6.45) is 6.45. The Morgan fingerprint density at radius 2 is 2.05 bits per heavy atom. The van der Waals surface area contributed by atoms with Crippen LogP contribution in [0.25, 0.3) is 0 Å². The zero-order valence-electron chi connectivity index (χ0n) is 11.4. The van der Waals surface area contributed by atoms with Crippen molar-refractivity contribution in [2.24, 2.45) is 11.7 Å². The SMILES string of the molecule is COc1cc(OCC2CCCCC2)ccc1C(N)=O. The second-order valence-electron chi connectivity index (χ2n) is 5.04. The Labute approximate surface area is 113 Å². The summed E-state index contributed by atoms with van der Waals surface area (Å²) in [7, 11) is 1.52. The van der Waals surface area contributed by atoms with Crippen LogP contribution in [0.3, 0.4) is 0 Å². The number of benzene rings is 1. The van der Waals surface area contributed by atoms with Gasteiger partial charge in [0.25, 0.3) is 5.91 Å². The molecule has 2 N–H and O–H groups in total. The van der Waals surface area contributed by atoms with Crippen LogP contribution in [0.15, 0.2) is 18.2 Å². The maximum Gasteiger partial charge on any atom is 0.252 e. The number of carbonyl (C=O) groups excluding carboxylic acids is 1. The van der Waals surface area contributed by atoms with Gasteiger partial charge in [-0.1, -0.05) is 19.3 Å². The van der Waals surface area contributed by atoms with Gasteiger partial charge in [0.2, 0.25) is 0 Å². The van der Waals surface area contributed by atoms with Crippen molar-refractivity contribution in [2.75, 3.05) is 13.7 Å². The maximum atomic E-state index is 11.2. The van der Waals surface area contributed by atoms with Crippen molar-refractivity contribution in [3.8, 4) is 11.5 Å². The van der Waals surface area contributed by atoms with Gasteiger partial charge in [0.1, 0.15) is 11.5 Å². The lowest BCUT2D eigenvalue weighted by Crippen LogP contribution is -2.16. The summed E-state index contributed by atoms with van der Waals surface area (Å²) in [4.78, 5) is 11.2. The molecule has 0 unspecified atom stereocenters. The smallest absolute Gasteiger partial charge is 0.252 e. The fraction of sp³-hybridized carbons (Fsp3) is 0.533. The number of ether oxygens (including phenoxy) is 2. The molecule has 1 amide bonds. The minimum atomic E-state index is -0.490. The van der Waals surface area contributed by atoms with Gasteiger partial charge in [-0.2, -0.15) is 0 Å². The van der Waals surface area contributed by atoms with Crippen LogP contribution in [0.1, 0.15) is 42.5 Å². The second-order valence-corrected chi connectivity index (χ2v) is 5.04. The van der Waals surface area contributed by atoms with Gasteiger partial charge < -0.3 is 15.2 Å². The lowest BCUT2D eigenvalue weighted by Gasteiger charge is -2.21. The largest absolute Gasteiger partial charge is 0.496 e. The molecule has 0 aliphatic heterocycles. The number of primary amides is 1. The minimum absolute atomic E-state index is 0.382. The third kappa shape index (κ3) is 3.63. The molecule has 1 saturated carbocycles. The van der Waals surface area contributed by atoms with Crippen LogP contribution in [0.5, 0.6) is 11.5 Å². The first-order chi connectivity index (χ1) is 9.20. The Morgan fingerprint density at radius 1 is 1.32 bits per heavy atom. The van der Waals surface area contributed by atoms with Crippen LogP contribution < -0.4 is 15.2 Å². The highest BCUT2D eigenvalue weighted by Crippen LogP contribution is 2.27. The highest BCUT2D eigenvalue weighted by atomic mass is 16.5. The van der Waals surface area contributed by atoms with Crippen molar-refractivity contribution in [2.45, 2.75) is 32.1 Å². The molecule has 0 bridgehead atoms. The normalized spacial score (nSPS) is 16.1. The van der Waals surface area contributed by atoms with Crippen molar-refractivity contribution in [3.63, 3.8) is 0 Å². The Hall–Kier alpha value is -1.71. The van der Waals surface area contributed by atoms with Crippen LogP contribution in [0.2, 0.25) is 0 Å². The van der Waals surface area contributed by atoms with Crippen LogP contribution in [-0.4, -0.2) is 19.6 Å². The third-order valence-corrected chi connectivity index (χ3v) is 3.65. The number of rotatable bonds is 5. The van der Waals surface area contributed by atoms with E-state index < -0.39 is 5.91 Å². The molecule has 0 radical (unpaired) electrons. The van der Waals surface area contributed by atoms with Crippen molar-refractivity contribution in [1.82, 2.24) is 0 Å². The average molecular weight is 263 g/mol. The third-order valence-electron chi connectivity index (χ3n) is 3.65.